The summed E-state index contributed by atoms with van der Waals surface area (Å²) in [7, 11) is 0. The van der Waals surface area contributed by atoms with E-state index in [2.05, 4.69) is 230 Å². The van der Waals surface area contributed by atoms with E-state index in [-0.39, 0.29) is 0 Å². The lowest BCUT2D eigenvalue weighted by Crippen LogP contribution is -2.14. The summed E-state index contributed by atoms with van der Waals surface area (Å²) < 4.78 is 15.0. The van der Waals surface area contributed by atoms with Crippen molar-refractivity contribution in [3.63, 3.8) is 0 Å². The minimum Gasteiger partial charge on any atom is -0.453 e. The Morgan fingerprint density at radius 1 is 0.272 bits per heavy atom. The van der Waals surface area contributed by atoms with Crippen molar-refractivity contribution in [2.75, 3.05) is 9.80 Å². The lowest BCUT2D eigenvalue weighted by Gasteiger charge is -2.32. The first-order valence-corrected chi connectivity index (χ1v) is 35.1. The summed E-state index contributed by atoms with van der Waals surface area (Å²) in [6.45, 7) is 4.43. The zero-order valence-electron chi connectivity index (χ0n) is 53.4. The number of aryl methyl sites for hydroxylation is 2. The van der Waals surface area contributed by atoms with Crippen LogP contribution in [-0.4, -0.2) is 0 Å². The summed E-state index contributed by atoms with van der Waals surface area (Å²) in [5.41, 5.74) is 23.6. The molecular weight excluding hydrogens is 1120 g/mol. The zero-order valence-corrected chi connectivity index (χ0v) is 53.4. The molecule has 92 heavy (non-hydrogen) atoms. The second kappa shape index (κ2) is 22.9. The summed E-state index contributed by atoms with van der Waals surface area (Å²) in [6.07, 6.45) is 22.7. The minimum atomic E-state index is 0.440. The average molecular weight is 1200 g/mol. The van der Waals surface area contributed by atoms with E-state index < -0.39 is 0 Å². The SMILES string of the molecule is Cc1ccccc1-c1cccc2c1oc1c(N(c3ccc(C4CCCCC4)cc3)c3cc(C4CCCC4)c4ccc5c(N(c6ccc(C7CCCCC7)cc6)c6cccc7c6oc6c(-c8ccccc8C)cccc67)cc(C6CCCC6)c6ccc3c4c65)cccc12. The van der Waals surface area contributed by atoms with Gasteiger partial charge in [0.2, 0.25) is 0 Å². The molecule has 12 aromatic carbocycles. The van der Waals surface area contributed by atoms with Gasteiger partial charge in [0.05, 0.1) is 22.7 Å². The second-order valence-corrected chi connectivity index (χ2v) is 28.0. The van der Waals surface area contributed by atoms with Gasteiger partial charge in [-0.25, -0.2) is 0 Å². The molecule has 4 heteroatoms. The Balaban J connectivity index is 0.919. The molecule has 0 N–H and O–H groups in total. The van der Waals surface area contributed by atoms with E-state index in [1.165, 1.54) is 204 Å². The van der Waals surface area contributed by atoms with Crippen LogP contribution in [0.1, 0.15) is 173 Å². The normalized spacial score (nSPS) is 16.5. The van der Waals surface area contributed by atoms with Gasteiger partial charge in [-0.3, -0.25) is 0 Å². The molecule has 4 fully saturated rings. The molecule has 4 nitrogen and oxygen atoms in total. The number of hydrogen-bond acceptors (Lipinski definition) is 4. The molecule has 4 saturated carbocycles. The van der Waals surface area contributed by atoms with Crippen LogP contribution in [0, 0.1) is 13.8 Å². The van der Waals surface area contributed by atoms with Crippen LogP contribution in [-0.2, 0) is 0 Å². The number of fused-ring (bicyclic) bond motifs is 6. The van der Waals surface area contributed by atoms with E-state index in [1.807, 2.05) is 0 Å². The number of nitrogens with zero attached hydrogens (tertiary/aromatic N) is 2. The third-order valence-corrected chi connectivity index (χ3v) is 22.8. The molecule has 2 aromatic heterocycles. The number of hydrogen-bond donors (Lipinski definition) is 0. The highest BCUT2D eigenvalue weighted by atomic mass is 16.3. The molecule has 0 radical (unpaired) electrons. The number of benzene rings is 12. The molecule has 0 saturated heterocycles. The molecule has 454 valence electrons. The Labute approximate surface area is 540 Å². The summed E-state index contributed by atoms with van der Waals surface area (Å²) in [4.78, 5) is 5.22. The van der Waals surface area contributed by atoms with Gasteiger partial charge in [0.1, 0.15) is 11.2 Å². The van der Waals surface area contributed by atoms with Crippen LogP contribution >= 0.6 is 0 Å². The first kappa shape index (κ1) is 55.7. The van der Waals surface area contributed by atoms with Crippen LogP contribution in [0.15, 0.2) is 215 Å². The van der Waals surface area contributed by atoms with Crippen molar-refractivity contribution in [1.29, 1.82) is 0 Å². The van der Waals surface area contributed by atoms with Gasteiger partial charge in [-0.1, -0.05) is 222 Å². The molecule has 0 bridgehead atoms. The summed E-state index contributed by atoms with van der Waals surface area (Å²) in [5.74, 6) is 2.08. The Kier molecular flexibility index (Phi) is 13.9. The molecule has 0 amide bonds. The standard InChI is InChI=1S/C88H80N2O2/c1-55-21-9-15-31-65(55)69-33-17-35-71-73-37-19-39-79(87(73)91-85(69)71)89(63-45-41-59(42-46-63)57-23-5-3-6-24-57)81-53-77(61-27-11-12-28-61)67-50-52-76-82(54-78(62-29-13-14-30-62)68-49-51-75(81)83(67)84(68)76)90(64-47-43-60(44-48-64)58-25-7-4-8-26-58)80-40-20-38-74-72-36-18-34-70(86(72)92-88(74)80)66-32-16-10-22-56(66)2/h9-10,15-22,31-54,57-58,61-62H,3-8,11-14,23-30H2,1-2H3. The highest BCUT2D eigenvalue weighted by molar-refractivity contribution is 6.30. The van der Waals surface area contributed by atoms with Gasteiger partial charge in [0.15, 0.2) is 11.2 Å². The number of rotatable bonds is 12. The maximum absolute atomic E-state index is 7.49. The van der Waals surface area contributed by atoms with Crippen molar-refractivity contribution >= 4 is 110 Å². The van der Waals surface area contributed by atoms with Crippen molar-refractivity contribution in [2.24, 2.45) is 0 Å². The van der Waals surface area contributed by atoms with Gasteiger partial charge >= 0.3 is 0 Å². The first-order valence-electron chi connectivity index (χ1n) is 35.1. The van der Waals surface area contributed by atoms with Gasteiger partial charge in [0, 0.05) is 54.8 Å². The first-order chi connectivity index (χ1) is 45.5. The number of furan rings is 2. The molecule has 2 heterocycles. The summed E-state index contributed by atoms with van der Waals surface area (Å²) in [5, 5.41) is 12.6. The molecule has 0 aliphatic heterocycles. The lowest BCUT2D eigenvalue weighted by atomic mass is 9.82. The van der Waals surface area contributed by atoms with Crippen molar-refractivity contribution < 1.29 is 8.83 Å². The molecule has 0 atom stereocenters. The Morgan fingerprint density at radius 3 is 1.01 bits per heavy atom. The van der Waals surface area contributed by atoms with Crippen molar-refractivity contribution in [3.05, 3.63) is 240 Å². The number of anilines is 6. The Morgan fingerprint density at radius 2 is 0.609 bits per heavy atom. The summed E-state index contributed by atoms with van der Waals surface area (Å²) in [6, 6.07) is 79.7. The third-order valence-electron chi connectivity index (χ3n) is 22.8. The van der Waals surface area contributed by atoms with E-state index in [1.54, 1.807) is 0 Å². The van der Waals surface area contributed by atoms with Gasteiger partial charge in [-0.2, -0.15) is 0 Å². The lowest BCUT2D eigenvalue weighted by molar-refractivity contribution is 0.443. The van der Waals surface area contributed by atoms with Crippen molar-refractivity contribution in [2.45, 2.75) is 153 Å². The molecular formula is C88H80N2O2. The quantitative estimate of drug-likeness (QED) is 0.114. The van der Waals surface area contributed by atoms with E-state index in [0.717, 1.165) is 77.8 Å². The van der Waals surface area contributed by atoms with E-state index in [0.29, 0.717) is 23.7 Å². The van der Waals surface area contributed by atoms with Crippen LogP contribution in [0.4, 0.5) is 34.1 Å². The van der Waals surface area contributed by atoms with Crippen LogP contribution < -0.4 is 9.80 Å². The van der Waals surface area contributed by atoms with Crippen LogP contribution in [0.5, 0.6) is 0 Å². The minimum absolute atomic E-state index is 0.440. The fourth-order valence-electron chi connectivity index (χ4n) is 18.1. The molecule has 14 aromatic rings. The van der Waals surface area contributed by atoms with Crippen molar-refractivity contribution in [3.8, 4) is 22.3 Å². The fraction of sp³-hybridized carbons (Fsp3) is 0.273. The second-order valence-electron chi connectivity index (χ2n) is 28.0. The highest BCUT2D eigenvalue weighted by Crippen LogP contribution is 2.56. The Hall–Kier alpha value is -9.12. The van der Waals surface area contributed by atoms with Crippen LogP contribution in [0.3, 0.4) is 0 Å². The molecule has 0 spiro atoms. The highest BCUT2D eigenvalue weighted by Gasteiger charge is 2.33. The maximum atomic E-state index is 7.49. The van der Waals surface area contributed by atoms with Gasteiger partial charge < -0.3 is 18.6 Å². The van der Waals surface area contributed by atoms with Crippen LogP contribution in [0.25, 0.3) is 98.4 Å². The van der Waals surface area contributed by atoms with E-state index in [9.17, 15) is 0 Å². The fourth-order valence-corrected chi connectivity index (χ4v) is 18.1. The molecule has 18 rings (SSSR count). The summed E-state index contributed by atoms with van der Waals surface area (Å²) >= 11 is 0. The van der Waals surface area contributed by atoms with Gasteiger partial charge in [0.25, 0.3) is 0 Å². The molecule has 4 aliphatic rings. The van der Waals surface area contributed by atoms with Gasteiger partial charge in [-0.05, 0) is 203 Å². The van der Waals surface area contributed by atoms with E-state index in [4.69, 9.17) is 8.83 Å². The zero-order chi connectivity index (χ0) is 61.0. The predicted molar refractivity (Wildman–Crippen MR) is 388 cm³/mol. The monoisotopic (exact) mass is 1200 g/mol. The third kappa shape index (κ3) is 9.20. The Bertz CT molecular complexity index is 4790. The maximum Gasteiger partial charge on any atom is 0.159 e. The van der Waals surface area contributed by atoms with Crippen LogP contribution in [0.2, 0.25) is 0 Å². The predicted octanol–water partition coefficient (Wildman–Crippen LogP) is 26.7. The molecule has 0 unspecified atom stereocenters. The topological polar surface area (TPSA) is 32.8 Å². The number of para-hydroxylation sites is 4. The smallest absolute Gasteiger partial charge is 0.159 e. The van der Waals surface area contributed by atoms with Gasteiger partial charge in [-0.15, -0.1) is 0 Å². The van der Waals surface area contributed by atoms with E-state index >= 15 is 0 Å². The largest absolute Gasteiger partial charge is 0.453 e. The molecule has 4 aliphatic carbocycles. The van der Waals surface area contributed by atoms with Crippen molar-refractivity contribution in [1.82, 2.24) is 0 Å². The average Bonchev–Trinajstić information content (AvgIpc) is 0.950.